The van der Waals surface area contributed by atoms with Crippen molar-refractivity contribution < 1.29 is 9.53 Å². The number of carbonyl (C=O) groups is 1. The quantitative estimate of drug-likeness (QED) is 0.822. The molecule has 1 aliphatic rings. The van der Waals surface area contributed by atoms with E-state index in [4.69, 9.17) is 4.74 Å². The zero-order chi connectivity index (χ0) is 14.7. The lowest BCUT2D eigenvalue weighted by atomic mass is 10.2. The van der Waals surface area contributed by atoms with Gasteiger partial charge in [-0.3, -0.25) is 4.79 Å². The first-order valence-electron chi connectivity index (χ1n) is 6.89. The molecule has 0 radical (unpaired) electrons. The Hall–Kier alpha value is -1.69. The van der Waals surface area contributed by atoms with E-state index >= 15 is 0 Å². The number of hydrogen-bond acceptors (Lipinski definition) is 5. The van der Waals surface area contributed by atoms with Gasteiger partial charge in [0.1, 0.15) is 11.6 Å². The molecule has 1 saturated heterocycles. The number of ether oxygens (including phenoxy) is 1. The maximum absolute atomic E-state index is 12.0. The maximum atomic E-state index is 12.0. The molecule has 20 heavy (non-hydrogen) atoms. The lowest BCUT2D eigenvalue weighted by Crippen LogP contribution is -2.49. The van der Waals surface area contributed by atoms with Gasteiger partial charge < -0.3 is 14.5 Å². The highest BCUT2D eigenvalue weighted by Gasteiger charge is 2.28. The predicted molar refractivity (Wildman–Crippen MR) is 76.8 cm³/mol. The Balaban J connectivity index is 2.12. The van der Waals surface area contributed by atoms with Crippen molar-refractivity contribution in [1.82, 2.24) is 14.9 Å². The van der Waals surface area contributed by atoms with Gasteiger partial charge in [-0.1, -0.05) is 13.8 Å². The van der Waals surface area contributed by atoms with Crippen LogP contribution in [-0.4, -0.2) is 60.7 Å². The lowest BCUT2D eigenvalue weighted by Gasteiger charge is -2.34. The summed E-state index contributed by atoms with van der Waals surface area (Å²) in [5.74, 6) is 1.97. The minimum Gasteiger partial charge on any atom is -0.365 e. The zero-order valence-electron chi connectivity index (χ0n) is 12.5. The van der Waals surface area contributed by atoms with E-state index in [0.29, 0.717) is 13.2 Å². The van der Waals surface area contributed by atoms with Crippen LogP contribution in [0.4, 0.5) is 5.82 Å². The minimum atomic E-state index is -0.420. The smallest absolute Gasteiger partial charge is 0.253 e. The molecule has 6 nitrogen and oxygen atoms in total. The number of rotatable bonds is 3. The first-order chi connectivity index (χ1) is 9.49. The summed E-state index contributed by atoms with van der Waals surface area (Å²) in [6.07, 6.45) is 1.35. The van der Waals surface area contributed by atoms with Crippen molar-refractivity contribution >= 4 is 11.7 Å². The minimum absolute atomic E-state index is 0.00663. The average Bonchev–Trinajstić information content (AvgIpc) is 2.46. The van der Waals surface area contributed by atoms with E-state index < -0.39 is 6.10 Å². The van der Waals surface area contributed by atoms with Crippen LogP contribution >= 0.6 is 0 Å². The Labute approximate surface area is 119 Å². The van der Waals surface area contributed by atoms with Crippen LogP contribution in [0.3, 0.4) is 0 Å². The number of likely N-dealkylation sites (N-methyl/N-ethyl adjacent to an activating group) is 1. The molecule has 0 aromatic carbocycles. The van der Waals surface area contributed by atoms with Crippen LogP contribution in [0, 0.1) is 0 Å². The third-order valence-corrected chi connectivity index (χ3v) is 3.28. The van der Waals surface area contributed by atoms with Crippen molar-refractivity contribution in [3.05, 3.63) is 18.1 Å². The first kappa shape index (κ1) is 14.7. The second kappa shape index (κ2) is 6.17. The topological polar surface area (TPSA) is 58.6 Å². The molecular formula is C14H22N4O2. The molecule has 110 valence electrons. The van der Waals surface area contributed by atoms with Crippen molar-refractivity contribution in [3.8, 4) is 0 Å². The third kappa shape index (κ3) is 3.25. The van der Waals surface area contributed by atoms with Gasteiger partial charge in [-0.05, 0) is 6.07 Å². The van der Waals surface area contributed by atoms with E-state index in [0.717, 1.165) is 18.2 Å². The van der Waals surface area contributed by atoms with E-state index in [1.54, 1.807) is 25.2 Å². The van der Waals surface area contributed by atoms with Gasteiger partial charge >= 0.3 is 0 Å². The van der Waals surface area contributed by atoms with Crippen LogP contribution in [0.1, 0.15) is 25.6 Å². The lowest BCUT2D eigenvalue weighted by molar-refractivity contribution is -0.141. The van der Waals surface area contributed by atoms with Crippen molar-refractivity contribution in [3.63, 3.8) is 0 Å². The zero-order valence-corrected chi connectivity index (χ0v) is 12.5. The van der Waals surface area contributed by atoms with Crippen LogP contribution in [0.2, 0.25) is 0 Å². The molecule has 1 aromatic heterocycles. The number of hydrogen-bond donors (Lipinski definition) is 0. The Bertz CT molecular complexity index is 476. The number of aromatic nitrogens is 2. The fourth-order valence-electron chi connectivity index (χ4n) is 2.11. The van der Waals surface area contributed by atoms with Crippen molar-refractivity contribution in [2.24, 2.45) is 0 Å². The SMILES string of the molecule is CC(C)c1nccc(N2CCOC(C(=O)N(C)C)C2)n1. The largest absolute Gasteiger partial charge is 0.365 e. The molecule has 6 heteroatoms. The van der Waals surface area contributed by atoms with E-state index in [1.807, 2.05) is 6.07 Å². The average molecular weight is 278 g/mol. The highest BCUT2D eigenvalue weighted by Crippen LogP contribution is 2.18. The number of nitrogens with zero attached hydrogens (tertiary/aromatic N) is 4. The van der Waals surface area contributed by atoms with Gasteiger partial charge in [0.05, 0.1) is 13.2 Å². The Kier molecular flexibility index (Phi) is 4.54. The van der Waals surface area contributed by atoms with Gasteiger partial charge in [0.15, 0.2) is 6.10 Å². The third-order valence-electron chi connectivity index (χ3n) is 3.28. The van der Waals surface area contributed by atoms with Gasteiger partial charge in [-0.25, -0.2) is 9.97 Å². The fraction of sp³-hybridized carbons (Fsp3) is 0.643. The van der Waals surface area contributed by atoms with E-state index in [2.05, 4.69) is 28.7 Å². The monoisotopic (exact) mass is 278 g/mol. The molecule has 1 aromatic rings. The highest BCUT2D eigenvalue weighted by molar-refractivity contribution is 5.81. The highest BCUT2D eigenvalue weighted by atomic mass is 16.5. The molecule has 0 saturated carbocycles. The molecule has 1 atom stereocenters. The standard InChI is InChI=1S/C14H22N4O2/c1-10(2)13-15-6-5-12(16-13)18-7-8-20-11(9-18)14(19)17(3)4/h5-6,10-11H,7-9H2,1-4H3. The molecule has 0 bridgehead atoms. The Morgan fingerprint density at radius 2 is 2.25 bits per heavy atom. The van der Waals surface area contributed by atoms with Crippen molar-refractivity contribution in [2.45, 2.75) is 25.9 Å². The summed E-state index contributed by atoms with van der Waals surface area (Å²) in [6.45, 7) is 5.94. The van der Waals surface area contributed by atoms with Crippen LogP contribution < -0.4 is 4.90 Å². The molecule has 1 amide bonds. The number of amides is 1. The van der Waals surface area contributed by atoms with Gasteiger partial charge in [-0.15, -0.1) is 0 Å². The number of anilines is 1. The molecular weight excluding hydrogens is 256 g/mol. The molecule has 1 fully saturated rings. The molecule has 2 heterocycles. The Morgan fingerprint density at radius 3 is 2.90 bits per heavy atom. The fourth-order valence-corrected chi connectivity index (χ4v) is 2.11. The van der Waals surface area contributed by atoms with Crippen molar-refractivity contribution in [1.29, 1.82) is 0 Å². The number of carbonyl (C=O) groups excluding carboxylic acids is 1. The van der Waals surface area contributed by atoms with Crippen molar-refractivity contribution in [2.75, 3.05) is 38.7 Å². The van der Waals surface area contributed by atoms with Gasteiger partial charge in [0.2, 0.25) is 0 Å². The second-order valence-electron chi connectivity index (χ2n) is 5.47. The number of morpholine rings is 1. The normalized spacial score (nSPS) is 19.2. The summed E-state index contributed by atoms with van der Waals surface area (Å²) >= 11 is 0. The van der Waals surface area contributed by atoms with Crippen LogP contribution in [0.15, 0.2) is 12.3 Å². The summed E-state index contributed by atoms with van der Waals surface area (Å²) in [7, 11) is 3.48. The van der Waals surface area contributed by atoms with Gasteiger partial charge in [0.25, 0.3) is 5.91 Å². The van der Waals surface area contributed by atoms with Gasteiger partial charge in [-0.2, -0.15) is 0 Å². The molecule has 1 unspecified atom stereocenters. The summed E-state index contributed by atoms with van der Waals surface area (Å²) < 4.78 is 5.55. The Morgan fingerprint density at radius 1 is 1.50 bits per heavy atom. The van der Waals surface area contributed by atoms with Crippen LogP contribution in [0.5, 0.6) is 0 Å². The summed E-state index contributed by atoms with van der Waals surface area (Å²) in [5.41, 5.74) is 0. The molecule has 0 N–H and O–H groups in total. The molecule has 0 spiro atoms. The van der Waals surface area contributed by atoms with E-state index in [-0.39, 0.29) is 11.8 Å². The van der Waals surface area contributed by atoms with E-state index in [9.17, 15) is 4.79 Å². The summed E-state index contributed by atoms with van der Waals surface area (Å²) in [4.78, 5) is 24.5. The first-order valence-corrected chi connectivity index (χ1v) is 6.89. The molecule has 1 aliphatic heterocycles. The molecule has 2 rings (SSSR count). The predicted octanol–water partition coefficient (Wildman–Crippen LogP) is 0.893. The summed E-state index contributed by atoms with van der Waals surface area (Å²) in [5, 5.41) is 0. The maximum Gasteiger partial charge on any atom is 0.253 e. The van der Waals surface area contributed by atoms with Crippen LogP contribution in [0.25, 0.3) is 0 Å². The van der Waals surface area contributed by atoms with Gasteiger partial charge in [0, 0.05) is 32.8 Å². The van der Waals surface area contributed by atoms with E-state index in [1.165, 1.54) is 0 Å². The summed E-state index contributed by atoms with van der Waals surface area (Å²) in [6, 6.07) is 1.88. The second-order valence-corrected chi connectivity index (χ2v) is 5.47. The molecule has 0 aliphatic carbocycles. The van der Waals surface area contributed by atoms with Crippen LogP contribution in [-0.2, 0) is 9.53 Å².